The van der Waals surface area contributed by atoms with Crippen molar-refractivity contribution in [2.45, 2.75) is 13.3 Å². The summed E-state index contributed by atoms with van der Waals surface area (Å²) >= 11 is 0. The minimum atomic E-state index is -0.391. The number of hydrogen-bond acceptors (Lipinski definition) is 3. The van der Waals surface area contributed by atoms with Crippen LogP contribution in [-0.4, -0.2) is 25.0 Å². The molecule has 5 heteroatoms. The summed E-state index contributed by atoms with van der Waals surface area (Å²) < 4.78 is 23.8. The summed E-state index contributed by atoms with van der Waals surface area (Å²) in [7, 11) is 3.08. The van der Waals surface area contributed by atoms with Crippen molar-refractivity contribution >= 4 is 16.7 Å². The second kappa shape index (κ2) is 6.35. The van der Waals surface area contributed by atoms with Gasteiger partial charge in [-0.3, -0.25) is 4.79 Å². The molecule has 0 radical (unpaired) electrons. The van der Waals surface area contributed by atoms with Crippen LogP contribution >= 0.6 is 0 Å². The predicted octanol–water partition coefficient (Wildman–Crippen LogP) is 4.06. The van der Waals surface area contributed by atoms with Gasteiger partial charge in [0.15, 0.2) is 5.78 Å². The van der Waals surface area contributed by atoms with E-state index in [0.29, 0.717) is 16.9 Å². The van der Waals surface area contributed by atoms with E-state index in [0.717, 1.165) is 22.2 Å². The summed E-state index contributed by atoms with van der Waals surface area (Å²) in [5.74, 6) is 0.693. The van der Waals surface area contributed by atoms with Gasteiger partial charge in [-0.2, -0.15) is 0 Å². The Bertz CT molecular complexity index is 914. The van der Waals surface area contributed by atoms with Crippen LogP contribution in [0.25, 0.3) is 10.9 Å². The second-order valence-electron chi connectivity index (χ2n) is 5.63. The van der Waals surface area contributed by atoms with Crippen LogP contribution in [0.1, 0.15) is 21.5 Å². The molecule has 0 aliphatic heterocycles. The second-order valence-corrected chi connectivity index (χ2v) is 5.63. The number of Topliss-reactive ketones (excluding diaryl/α,β-unsaturated/α-hetero) is 1. The van der Waals surface area contributed by atoms with Crippen molar-refractivity contribution in [2.24, 2.45) is 0 Å². The highest BCUT2D eigenvalue weighted by Gasteiger charge is 2.16. The number of aromatic amines is 1. The number of hydrogen-bond donors (Lipinski definition) is 1. The Morgan fingerprint density at radius 2 is 1.88 bits per heavy atom. The van der Waals surface area contributed by atoms with Gasteiger partial charge in [0.2, 0.25) is 0 Å². The van der Waals surface area contributed by atoms with E-state index in [-0.39, 0.29) is 12.2 Å². The van der Waals surface area contributed by atoms with Gasteiger partial charge in [0.25, 0.3) is 0 Å². The number of ether oxygens (including phenoxy) is 2. The van der Waals surface area contributed by atoms with Crippen molar-refractivity contribution < 1.29 is 18.7 Å². The number of ketones is 1. The molecule has 0 aliphatic carbocycles. The predicted molar refractivity (Wildman–Crippen MR) is 90.6 cm³/mol. The molecule has 124 valence electrons. The average Bonchev–Trinajstić information content (AvgIpc) is 2.98. The van der Waals surface area contributed by atoms with Crippen molar-refractivity contribution in [1.29, 1.82) is 0 Å². The number of H-pyrrole nitrogens is 1. The lowest BCUT2D eigenvalue weighted by molar-refractivity contribution is 0.0993. The molecule has 0 unspecified atom stereocenters. The molecule has 0 atom stereocenters. The van der Waals surface area contributed by atoms with Crippen LogP contribution in [0.4, 0.5) is 4.39 Å². The molecular formula is C19H18FNO3. The molecule has 1 N–H and O–H groups in total. The van der Waals surface area contributed by atoms with Crippen molar-refractivity contribution in [3.8, 4) is 11.5 Å². The molecule has 0 saturated heterocycles. The Morgan fingerprint density at radius 1 is 1.12 bits per heavy atom. The first-order valence-electron chi connectivity index (χ1n) is 7.55. The first-order chi connectivity index (χ1) is 11.5. The maximum Gasteiger partial charge on any atom is 0.169 e. The van der Waals surface area contributed by atoms with Crippen LogP contribution in [0.15, 0.2) is 36.5 Å². The van der Waals surface area contributed by atoms with Crippen LogP contribution in [0.5, 0.6) is 11.5 Å². The first kappa shape index (κ1) is 16.1. The van der Waals surface area contributed by atoms with Crippen molar-refractivity contribution in [1.82, 2.24) is 4.98 Å². The zero-order chi connectivity index (χ0) is 17.3. The average molecular weight is 327 g/mol. The van der Waals surface area contributed by atoms with E-state index in [1.807, 2.05) is 19.1 Å². The lowest BCUT2D eigenvalue weighted by Gasteiger charge is -2.08. The van der Waals surface area contributed by atoms with E-state index in [9.17, 15) is 9.18 Å². The normalized spacial score (nSPS) is 10.8. The molecule has 0 saturated carbocycles. The number of carbonyl (C=O) groups excluding carboxylic acids is 1. The largest absolute Gasteiger partial charge is 0.496 e. The van der Waals surface area contributed by atoms with Gasteiger partial charge in [0.05, 0.1) is 14.2 Å². The molecule has 0 amide bonds. The Morgan fingerprint density at radius 3 is 2.58 bits per heavy atom. The first-order valence-corrected chi connectivity index (χ1v) is 7.55. The number of aryl methyl sites for hydroxylation is 1. The van der Waals surface area contributed by atoms with Gasteiger partial charge in [-0.05, 0) is 24.6 Å². The molecule has 0 spiro atoms. The van der Waals surface area contributed by atoms with E-state index in [4.69, 9.17) is 9.47 Å². The molecule has 0 fully saturated rings. The van der Waals surface area contributed by atoms with Crippen LogP contribution in [-0.2, 0) is 6.42 Å². The van der Waals surface area contributed by atoms with Crippen molar-refractivity contribution in [3.63, 3.8) is 0 Å². The molecule has 24 heavy (non-hydrogen) atoms. The monoisotopic (exact) mass is 327 g/mol. The fraction of sp³-hybridized carbons (Fsp3) is 0.211. The maximum absolute atomic E-state index is 13.3. The Balaban J connectivity index is 1.96. The summed E-state index contributed by atoms with van der Waals surface area (Å²) in [6, 6.07) is 8.00. The van der Waals surface area contributed by atoms with Crippen molar-refractivity contribution in [3.05, 3.63) is 59.0 Å². The number of halogens is 1. The van der Waals surface area contributed by atoms with E-state index < -0.39 is 5.82 Å². The number of methoxy groups -OCH3 is 2. The molecule has 0 bridgehead atoms. The molecule has 2 aromatic carbocycles. The molecule has 0 aliphatic rings. The zero-order valence-corrected chi connectivity index (χ0v) is 13.8. The van der Waals surface area contributed by atoms with Crippen LogP contribution in [0, 0.1) is 12.7 Å². The van der Waals surface area contributed by atoms with E-state index in [2.05, 4.69) is 4.98 Å². The van der Waals surface area contributed by atoms with E-state index in [1.165, 1.54) is 19.2 Å². The minimum Gasteiger partial charge on any atom is -0.496 e. The Kier molecular flexibility index (Phi) is 4.25. The summed E-state index contributed by atoms with van der Waals surface area (Å²) in [6.45, 7) is 1.93. The van der Waals surface area contributed by atoms with Crippen LogP contribution in [0.2, 0.25) is 0 Å². The smallest absolute Gasteiger partial charge is 0.169 e. The highest BCUT2D eigenvalue weighted by molar-refractivity contribution is 6.09. The molecule has 3 aromatic rings. The number of aromatic nitrogens is 1. The van der Waals surface area contributed by atoms with Gasteiger partial charge in [0.1, 0.15) is 17.3 Å². The lowest BCUT2D eigenvalue weighted by atomic mass is 10.0. The quantitative estimate of drug-likeness (QED) is 0.719. The molecule has 4 nitrogen and oxygen atoms in total. The van der Waals surface area contributed by atoms with Gasteiger partial charge in [-0.15, -0.1) is 0 Å². The number of fused-ring (bicyclic) bond motifs is 1. The molecule has 1 heterocycles. The molecular weight excluding hydrogens is 309 g/mol. The fourth-order valence-corrected chi connectivity index (χ4v) is 2.84. The highest BCUT2D eigenvalue weighted by Crippen LogP contribution is 2.29. The van der Waals surface area contributed by atoms with Crippen molar-refractivity contribution in [2.75, 3.05) is 14.2 Å². The summed E-state index contributed by atoms with van der Waals surface area (Å²) in [5.41, 5.74) is 3.05. The lowest BCUT2D eigenvalue weighted by Crippen LogP contribution is -2.05. The molecule has 3 rings (SSSR count). The van der Waals surface area contributed by atoms with E-state index in [1.54, 1.807) is 19.4 Å². The van der Waals surface area contributed by atoms with Gasteiger partial charge in [-0.1, -0.05) is 6.07 Å². The third kappa shape index (κ3) is 2.85. The third-order valence-electron chi connectivity index (χ3n) is 4.10. The standard InChI is InChI=1S/C19H18FNO3/c1-11-6-14-15(10-21-16(14)9-18(11)23-2)17(22)7-12-4-5-13(20)8-19(12)24-3/h4-6,8-10,21H,7H2,1-3H3. The maximum atomic E-state index is 13.3. The van der Waals surface area contributed by atoms with Crippen LogP contribution < -0.4 is 9.47 Å². The van der Waals surface area contributed by atoms with Crippen LogP contribution in [0.3, 0.4) is 0 Å². The zero-order valence-electron chi connectivity index (χ0n) is 13.8. The van der Waals surface area contributed by atoms with Gasteiger partial charge >= 0.3 is 0 Å². The summed E-state index contributed by atoms with van der Waals surface area (Å²) in [5, 5.41) is 0.847. The van der Waals surface area contributed by atoms with Gasteiger partial charge < -0.3 is 14.5 Å². The third-order valence-corrected chi connectivity index (χ3v) is 4.10. The number of rotatable bonds is 5. The summed E-state index contributed by atoms with van der Waals surface area (Å²) in [4.78, 5) is 15.8. The SMILES string of the molecule is COc1cc2[nH]cc(C(=O)Cc3ccc(F)cc3OC)c2cc1C. The van der Waals surface area contributed by atoms with E-state index >= 15 is 0 Å². The summed E-state index contributed by atoms with van der Waals surface area (Å²) in [6.07, 6.45) is 1.84. The molecule has 1 aromatic heterocycles. The van der Waals surface area contributed by atoms with Gasteiger partial charge in [0, 0.05) is 46.8 Å². The number of benzene rings is 2. The Labute approximate surface area is 139 Å². The number of nitrogens with one attached hydrogen (secondary N) is 1. The van der Waals surface area contributed by atoms with Gasteiger partial charge in [-0.25, -0.2) is 4.39 Å². The highest BCUT2D eigenvalue weighted by atomic mass is 19.1. The topological polar surface area (TPSA) is 51.3 Å². The fourth-order valence-electron chi connectivity index (χ4n) is 2.84. The Hall–Kier alpha value is -2.82. The minimum absolute atomic E-state index is 0.0595. The number of carbonyl (C=O) groups is 1.